The van der Waals surface area contributed by atoms with Gasteiger partial charge in [-0.15, -0.1) is 0 Å². The summed E-state index contributed by atoms with van der Waals surface area (Å²) < 4.78 is 0.792. The lowest BCUT2D eigenvalue weighted by Gasteiger charge is -2.09. The van der Waals surface area contributed by atoms with Crippen molar-refractivity contribution in [2.24, 2.45) is 4.99 Å². The van der Waals surface area contributed by atoms with Crippen LogP contribution in [0.1, 0.15) is 0 Å². The van der Waals surface area contributed by atoms with E-state index in [-0.39, 0.29) is 0 Å². The van der Waals surface area contributed by atoms with Gasteiger partial charge in [-0.05, 0) is 28.1 Å². The molecule has 1 aliphatic rings. The molecule has 0 fully saturated rings. The smallest absolute Gasteiger partial charge is 0.161 e. The number of thioether (sulfide) groups is 1. The lowest BCUT2D eigenvalue weighted by molar-refractivity contribution is 1.17. The Bertz CT molecular complexity index is 423. The lowest BCUT2D eigenvalue weighted by atomic mass is 10.3. The Morgan fingerprint density at radius 1 is 1.33 bits per heavy atom. The number of rotatable bonds is 1. The summed E-state index contributed by atoms with van der Waals surface area (Å²) in [6, 6.07) is 3.73. The topological polar surface area (TPSA) is 24.4 Å². The van der Waals surface area contributed by atoms with E-state index in [1.54, 1.807) is 11.8 Å². The van der Waals surface area contributed by atoms with E-state index in [0.717, 1.165) is 27.6 Å². The van der Waals surface area contributed by atoms with Crippen LogP contribution in [-0.2, 0) is 0 Å². The number of hydrogen-bond acceptors (Lipinski definition) is 3. The van der Waals surface area contributed by atoms with Gasteiger partial charge in [0.15, 0.2) is 5.17 Å². The second-order valence-electron chi connectivity index (χ2n) is 2.88. The predicted molar refractivity (Wildman–Crippen MR) is 72.5 cm³/mol. The zero-order chi connectivity index (χ0) is 10.8. The molecule has 2 rings (SSSR count). The number of amidine groups is 1. The van der Waals surface area contributed by atoms with E-state index >= 15 is 0 Å². The molecule has 6 heteroatoms. The summed E-state index contributed by atoms with van der Waals surface area (Å²) in [6.07, 6.45) is 0. The van der Waals surface area contributed by atoms with Gasteiger partial charge in [-0.2, -0.15) is 0 Å². The average Bonchev–Trinajstić information content (AvgIpc) is 2.72. The average molecular weight is 326 g/mol. The zero-order valence-electron chi connectivity index (χ0n) is 7.56. The summed E-state index contributed by atoms with van der Waals surface area (Å²) in [4.78, 5) is 4.28. The van der Waals surface area contributed by atoms with Crippen LogP contribution in [0.5, 0.6) is 0 Å². The number of aliphatic imine (C=N–C) groups is 1. The maximum atomic E-state index is 6.09. The quantitative estimate of drug-likeness (QED) is 0.780. The third kappa shape index (κ3) is 2.61. The van der Waals surface area contributed by atoms with Crippen LogP contribution in [-0.4, -0.2) is 17.5 Å². The van der Waals surface area contributed by atoms with Crippen molar-refractivity contribution in [2.75, 3.05) is 17.6 Å². The van der Waals surface area contributed by atoms with Gasteiger partial charge in [-0.3, -0.25) is 4.99 Å². The van der Waals surface area contributed by atoms with Crippen molar-refractivity contribution in [1.29, 1.82) is 0 Å². The third-order valence-electron chi connectivity index (χ3n) is 1.86. The minimum Gasteiger partial charge on any atom is -0.334 e. The van der Waals surface area contributed by atoms with Gasteiger partial charge in [0.05, 0.1) is 22.3 Å². The first-order valence-corrected chi connectivity index (χ1v) is 6.79. The molecule has 0 atom stereocenters. The van der Waals surface area contributed by atoms with E-state index in [0.29, 0.717) is 10.0 Å². The van der Waals surface area contributed by atoms with E-state index in [2.05, 4.69) is 26.2 Å². The van der Waals surface area contributed by atoms with Crippen LogP contribution in [0.3, 0.4) is 0 Å². The molecule has 0 saturated carbocycles. The monoisotopic (exact) mass is 324 g/mol. The van der Waals surface area contributed by atoms with Crippen LogP contribution < -0.4 is 5.32 Å². The maximum absolute atomic E-state index is 6.09. The fraction of sp³-hybridized carbons (Fsp3) is 0.222. The van der Waals surface area contributed by atoms with Crippen molar-refractivity contribution in [1.82, 2.24) is 0 Å². The molecule has 80 valence electrons. The Morgan fingerprint density at radius 2 is 2.13 bits per heavy atom. The van der Waals surface area contributed by atoms with Crippen molar-refractivity contribution in [2.45, 2.75) is 0 Å². The summed E-state index contributed by atoms with van der Waals surface area (Å²) in [5.41, 5.74) is 0.790. The second kappa shape index (κ2) is 4.95. The highest BCUT2D eigenvalue weighted by molar-refractivity contribution is 9.10. The first-order valence-electron chi connectivity index (χ1n) is 4.26. The van der Waals surface area contributed by atoms with E-state index in [1.807, 2.05) is 12.1 Å². The fourth-order valence-electron chi connectivity index (χ4n) is 1.15. The standard InChI is InChI=1S/C9H7BrCl2N2S/c10-5-1-2-6(8(12)7(5)11)14-9-13-3-4-15-9/h1-2H,3-4H2,(H,13,14). The molecule has 0 spiro atoms. The van der Waals surface area contributed by atoms with Crippen molar-refractivity contribution in [3.05, 3.63) is 26.7 Å². The lowest BCUT2D eigenvalue weighted by Crippen LogP contribution is -2.05. The molecule has 1 aromatic carbocycles. The Labute approximate surface area is 111 Å². The summed E-state index contributed by atoms with van der Waals surface area (Å²) >= 11 is 17.1. The Hall–Kier alpha value is 0.1000. The second-order valence-corrected chi connectivity index (χ2v) is 5.58. The molecule has 15 heavy (non-hydrogen) atoms. The van der Waals surface area contributed by atoms with Gasteiger partial charge in [-0.1, -0.05) is 35.0 Å². The third-order valence-corrected chi connectivity index (χ3v) is 4.52. The first-order chi connectivity index (χ1) is 7.18. The van der Waals surface area contributed by atoms with Gasteiger partial charge in [0, 0.05) is 10.2 Å². The molecule has 0 unspecified atom stereocenters. The number of halogens is 3. The molecule has 1 aliphatic heterocycles. The predicted octanol–water partition coefficient (Wildman–Crippen LogP) is 4.27. The number of nitrogens with zero attached hydrogens (tertiary/aromatic N) is 1. The molecule has 0 aromatic heterocycles. The van der Waals surface area contributed by atoms with Crippen molar-refractivity contribution >= 4 is 61.7 Å². The SMILES string of the molecule is Clc1c(Br)ccc(NC2=NCCS2)c1Cl. The highest BCUT2D eigenvalue weighted by Crippen LogP contribution is 2.36. The minimum atomic E-state index is 0.515. The van der Waals surface area contributed by atoms with Crippen LogP contribution in [0.4, 0.5) is 5.69 Å². The van der Waals surface area contributed by atoms with Crippen molar-refractivity contribution in [3.8, 4) is 0 Å². The van der Waals surface area contributed by atoms with Crippen molar-refractivity contribution < 1.29 is 0 Å². The molecule has 1 N–H and O–H groups in total. The molecule has 1 heterocycles. The van der Waals surface area contributed by atoms with E-state index in [9.17, 15) is 0 Å². The fourth-order valence-corrected chi connectivity index (χ4v) is 2.71. The number of anilines is 1. The van der Waals surface area contributed by atoms with Crippen LogP contribution in [0.25, 0.3) is 0 Å². The van der Waals surface area contributed by atoms with Crippen LogP contribution >= 0.6 is 50.9 Å². The van der Waals surface area contributed by atoms with E-state index < -0.39 is 0 Å². The van der Waals surface area contributed by atoms with E-state index in [1.165, 1.54) is 0 Å². The highest BCUT2D eigenvalue weighted by atomic mass is 79.9. The largest absolute Gasteiger partial charge is 0.334 e. The Kier molecular flexibility index (Phi) is 3.83. The first kappa shape index (κ1) is 11.6. The molecule has 2 nitrogen and oxygen atoms in total. The highest BCUT2D eigenvalue weighted by Gasteiger charge is 2.12. The molecule has 0 bridgehead atoms. The van der Waals surface area contributed by atoms with Crippen molar-refractivity contribution in [3.63, 3.8) is 0 Å². The van der Waals surface area contributed by atoms with E-state index in [4.69, 9.17) is 23.2 Å². The zero-order valence-corrected chi connectivity index (χ0v) is 11.5. The Balaban J connectivity index is 2.25. The molecular formula is C9H7BrCl2N2S. The van der Waals surface area contributed by atoms with Gasteiger partial charge >= 0.3 is 0 Å². The van der Waals surface area contributed by atoms with Gasteiger partial charge in [0.25, 0.3) is 0 Å². The van der Waals surface area contributed by atoms with Crippen LogP contribution in [0, 0.1) is 0 Å². The van der Waals surface area contributed by atoms with Gasteiger partial charge in [0.1, 0.15) is 0 Å². The van der Waals surface area contributed by atoms with Gasteiger partial charge in [0.2, 0.25) is 0 Å². The summed E-state index contributed by atoms with van der Waals surface area (Å²) in [5.74, 6) is 1.02. The molecule has 0 radical (unpaired) electrons. The molecule has 1 aromatic rings. The van der Waals surface area contributed by atoms with Crippen LogP contribution in [0.2, 0.25) is 10.0 Å². The number of nitrogens with one attached hydrogen (secondary N) is 1. The molecule has 0 amide bonds. The summed E-state index contributed by atoms with van der Waals surface area (Å²) in [7, 11) is 0. The Morgan fingerprint density at radius 3 is 2.80 bits per heavy atom. The normalized spacial score (nSPS) is 15.3. The number of benzene rings is 1. The minimum absolute atomic E-state index is 0.515. The number of hydrogen-bond donors (Lipinski definition) is 1. The molecule has 0 saturated heterocycles. The van der Waals surface area contributed by atoms with Gasteiger partial charge in [-0.25, -0.2) is 0 Å². The van der Waals surface area contributed by atoms with Gasteiger partial charge < -0.3 is 5.32 Å². The maximum Gasteiger partial charge on any atom is 0.161 e. The van der Waals surface area contributed by atoms with Crippen LogP contribution in [0.15, 0.2) is 21.6 Å². The summed E-state index contributed by atoms with van der Waals surface area (Å²) in [5, 5.41) is 5.09. The molecule has 0 aliphatic carbocycles. The summed E-state index contributed by atoms with van der Waals surface area (Å²) in [6.45, 7) is 0.856. The molecular weight excluding hydrogens is 319 g/mol.